The molecule has 1 aliphatic rings. The third-order valence-electron chi connectivity index (χ3n) is 3.68. The molecule has 0 saturated heterocycles. The van der Waals surface area contributed by atoms with E-state index < -0.39 is 5.97 Å². The highest BCUT2D eigenvalue weighted by atomic mass is 16.5. The van der Waals surface area contributed by atoms with Crippen LogP contribution < -0.4 is 4.74 Å². The minimum absolute atomic E-state index is 0.0354. The Morgan fingerprint density at radius 1 is 1.10 bits per heavy atom. The van der Waals surface area contributed by atoms with Crippen LogP contribution in [0.25, 0.3) is 0 Å². The Bertz CT molecular complexity index is 736. The number of fused-ring (bicyclic) bond motifs is 1. The highest BCUT2D eigenvalue weighted by Gasteiger charge is 2.30. The molecule has 0 aromatic heterocycles. The van der Waals surface area contributed by atoms with Crippen molar-refractivity contribution in [2.24, 2.45) is 0 Å². The van der Waals surface area contributed by atoms with E-state index in [9.17, 15) is 20.1 Å². The van der Waals surface area contributed by atoms with Gasteiger partial charge in [0.25, 0.3) is 0 Å². The van der Waals surface area contributed by atoms with Gasteiger partial charge < -0.3 is 20.1 Å². The fraction of sp³-hybridized carbons (Fsp3) is 0.188. The molecule has 0 amide bonds. The molecule has 0 bridgehead atoms. The second kappa shape index (κ2) is 4.70. The molecule has 2 aromatic carbocycles. The Labute approximate surface area is 121 Å². The maximum Gasteiger partial charge on any atom is 0.312 e. The Kier molecular flexibility index (Phi) is 2.97. The van der Waals surface area contributed by atoms with Crippen molar-refractivity contribution in [3.05, 3.63) is 47.0 Å². The standard InChI is InChI=1S/C16H14O5/c1-8-4-10(17)6-14-16(8)11(7-15(20)21-14)9-2-3-12(18)13(19)5-9/h2-6,11,17-19H,7H2,1H3/t11-/m1/s1. The predicted molar refractivity (Wildman–Crippen MR) is 74.7 cm³/mol. The molecule has 0 unspecified atom stereocenters. The van der Waals surface area contributed by atoms with Gasteiger partial charge in [-0.3, -0.25) is 4.79 Å². The summed E-state index contributed by atoms with van der Waals surface area (Å²) in [5.74, 6) is -0.753. The molecule has 0 fully saturated rings. The lowest BCUT2D eigenvalue weighted by Crippen LogP contribution is -2.21. The first-order chi connectivity index (χ1) is 9.95. The van der Waals surface area contributed by atoms with Gasteiger partial charge in [0.15, 0.2) is 11.5 Å². The van der Waals surface area contributed by atoms with Crippen LogP contribution in [0.5, 0.6) is 23.0 Å². The lowest BCUT2D eigenvalue weighted by Gasteiger charge is -2.27. The summed E-state index contributed by atoms with van der Waals surface area (Å²) in [6.07, 6.45) is 0.142. The van der Waals surface area contributed by atoms with Crippen LogP contribution in [0.1, 0.15) is 29.0 Å². The molecule has 0 radical (unpaired) electrons. The van der Waals surface area contributed by atoms with Gasteiger partial charge in [0.2, 0.25) is 0 Å². The van der Waals surface area contributed by atoms with E-state index in [1.165, 1.54) is 18.2 Å². The number of ether oxygens (including phenoxy) is 1. The second-order valence-corrected chi connectivity index (χ2v) is 5.15. The van der Waals surface area contributed by atoms with Crippen LogP contribution in [0.2, 0.25) is 0 Å². The SMILES string of the molecule is Cc1cc(O)cc2c1[C@@H](c1ccc(O)c(O)c1)CC(=O)O2. The van der Waals surface area contributed by atoms with E-state index in [0.29, 0.717) is 11.3 Å². The number of aryl methyl sites for hydroxylation is 1. The Morgan fingerprint density at radius 3 is 2.57 bits per heavy atom. The summed E-state index contributed by atoms with van der Waals surface area (Å²) >= 11 is 0. The molecule has 3 rings (SSSR count). The summed E-state index contributed by atoms with van der Waals surface area (Å²) in [6, 6.07) is 7.50. The number of rotatable bonds is 1. The van der Waals surface area contributed by atoms with Gasteiger partial charge >= 0.3 is 5.97 Å². The maximum atomic E-state index is 11.8. The third-order valence-corrected chi connectivity index (χ3v) is 3.68. The van der Waals surface area contributed by atoms with Crippen LogP contribution in [-0.4, -0.2) is 21.3 Å². The molecule has 21 heavy (non-hydrogen) atoms. The second-order valence-electron chi connectivity index (χ2n) is 5.15. The molecule has 0 saturated carbocycles. The van der Waals surface area contributed by atoms with Crippen molar-refractivity contribution in [2.45, 2.75) is 19.3 Å². The average molecular weight is 286 g/mol. The molecule has 108 valence electrons. The maximum absolute atomic E-state index is 11.8. The number of carbonyl (C=O) groups is 1. The molecule has 3 N–H and O–H groups in total. The highest BCUT2D eigenvalue weighted by Crippen LogP contribution is 2.43. The van der Waals surface area contributed by atoms with Gasteiger partial charge in [-0.1, -0.05) is 6.07 Å². The van der Waals surface area contributed by atoms with E-state index >= 15 is 0 Å². The van der Waals surface area contributed by atoms with Crippen molar-refractivity contribution >= 4 is 5.97 Å². The van der Waals surface area contributed by atoms with Crippen molar-refractivity contribution in [3.8, 4) is 23.0 Å². The number of hydrogen-bond donors (Lipinski definition) is 3. The van der Waals surface area contributed by atoms with Gasteiger partial charge in [-0.05, 0) is 36.2 Å². The number of carbonyl (C=O) groups excluding carboxylic acids is 1. The Hall–Kier alpha value is -2.69. The molecule has 1 heterocycles. The van der Waals surface area contributed by atoms with Gasteiger partial charge in [-0.25, -0.2) is 0 Å². The average Bonchev–Trinajstić information content (AvgIpc) is 2.40. The minimum atomic E-state index is -0.398. The predicted octanol–water partition coefficient (Wildman–Crippen LogP) is 2.55. The van der Waals surface area contributed by atoms with Gasteiger partial charge in [0.05, 0.1) is 6.42 Å². The molecule has 0 spiro atoms. The van der Waals surface area contributed by atoms with E-state index in [0.717, 1.165) is 11.1 Å². The van der Waals surface area contributed by atoms with E-state index in [-0.39, 0.29) is 29.6 Å². The monoisotopic (exact) mass is 286 g/mol. The Balaban J connectivity index is 2.16. The number of aromatic hydroxyl groups is 3. The molecular formula is C16H14O5. The summed E-state index contributed by atoms with van der Waals surface area (Å²) < 4.78 is 5.19. The molecule has 0 aliphatic carbocycles. The van der Waals surface area contributed by atoms with Gasteiger partial charge in [-0.2, -0.15) is 0 Å². The Morgan fingerprint density at radius 2 is 1.86 bits per heavy atom. The van der Waals surface area contributed by atoms with Crippen LogP contribution in [0.4, 0.5) is 0 Å². The summed E-state index contributed by atoms with van der Waals surface area (Å²) in [4.78, 5) is 11.8. The molecule has 1 atom stereocenters. The van der Waals surface area contributed by atoms with Crippen molar-refractivity contribution in [1.29, 1.82) is 0 Å². The normalized spacial score (nSPS) is 17.2. The van der Waals surface area contributed by atoms with Gasteiger partial charge in [0, 0.05) is 17.5 Å². The van der Waals surface area contributed by atoms with Crippen LogP contribution in [-0.2, 0) is 4.79 Å². The van der Waals surface area contributed by atoms with Crippen molar-refractivity contribution in [2.75, 3.05) is 0 Å². The highest BCUT2D eigenvalue weighted by molar-refractivity contribution is 5.78. The molecule has 5 nitrogen and oxygen atoms in total. The summed E-state index contributed by atoms with van der Waals surface area (Å²) in [7, 11) is 0. The van der Waals surface area contributed by atoms with Crippen molar-refractivity contribution in [1.82, 2.24) is 0 Å². The third kappa shape index (κ3) is 2.27. The molecule has 1 aliphatic heterocycles. The first kappa shape index (κ1) is 13.3. The number of phenolic OH excluding ortho intramolecular Hbond substituents is 3. The first-order valence-electron chi connectivity index (χ1n) is 6.52. The van der Waals surface area contributed by atoms with Crippen molar-refractivity contribution < 1.29 is 24.9 Å². The number of esters is 1. The fourth-order valence-electron chi connectivity index (χ4n) is 2.75. The van der Waals surface area contributed by atoms with Crippen LogP contribution in [0.15, 0.2) is 30.3 Å². The smallest absolute Gasteiger partial charge is 0.312 e. The van der Waals surface area contributed by atoms with E-state index in [1.807, 2.05) is 6.92 Å². The summed E-state index contributed by atoms with van der Waals surface area (Å²) in [5, 5.41) is 28.7. The van der Waals surface area contributed by atoms with E-state index in [2.05, 4.69) is 0 Å². The largest absolute Gasteiger partial charge is 0.508 e. The zero-order valence-electron chi connectivity index (χ0n) is 11.3. The van der Waals surface area contributed by atoms with Crippen LogP contribution >= 0.6 is 0 Å². The quantitative estimate of drug-likeness (QED) is 0.426. The lowest BCUT2D eigenvalue weighted by molar-refractivity contribution is -0.135. The molecule has 5 heteroatoms. The van der Waals surface area contributed by atoms with Crippen LogP contribution in [0.3, 0.4) is 0 Å². The van der Waals surface area contributed by atoms with E-state index in [4.69, 9.17) is 4.74 Å². The van der Waals surface area contributed by atoms with Crippen LogP contribution in [0, 0.1) is 6.92 Å². The topological polar surface area (TPSA) is 87.0 Å². The first-order valence-corrected chi connectivity index (χ1v) is 6.52. The molecular weight excluding hydrogens is 272 g/mol. The zero-order valence-corrected chi connectivity index (χ0v) is 11.3. The summed E-state index contributed by atoms with van der Waals surface area (Å²) in [6.45, 7) is 1.82. The number of hydrogen-bond acceptors (Lipinski definition) is 5. The summed E-state index contributed by atoms with van der Waals surface area (Å²) in [5.41, 5.74) is 2.31. The lowest BCUT2D eigenvalue weighted by atomic mass is 9.84. The minimum Gasteiger partial charge on any atom is -0.508 e. The van der Waals surface area contributed by atoms with E-state index in [1.54, 1.807) is 12.1 Å². The number of benzene rings is 2. The van der Waals surface area contributed by atoms with Crippen molar-refractivity contribution in [3.63, 3.8) is 0 Å². The number of phenols is 3. The van der Waals surface area contributed by atoms with Gasteiger partial charge in [0.1, 0.15) is 11.5 Å². The van der Waals surface area contributed by atoms with Gasteiger partial charge in [-0.15, -0.1) is 0 Å². The molecule has 2 aromatic rings. The zero-order chi connectivity index (χ0) is 15.1. The fourth-order valence-corrected chi connectivity index (χ4v) is 2.75.